The highest BCUT2D eigenvalue weighted by atomic mass is 16.5. The van der Waals surface area contributed by atoms with Crippen LogP contribution in [0.2, 0.25) is 0 Å². The van der Waals surface area contributed by atoms with Crippen molar-refractivity contribution >= 4 is 5.91 Å². The molecule has 0 spiro atoms. The number of hydrogen-bond donors (Lipinski definition) is 3. The molecule has 18 heavy (non-hydrogen) atoms. The van der Waals surface area contributed by atoms with Crippen LogP contribution in [0.5, 0.6) is 11.5 Å². The van der Waals surface area contributed by atoms with Crippen molar-refractivity contribution in [3.05, 3.63) is 35.9 Å². The number of aromatic hydroxyl groups is 2. The second kappa shape index (κ2) is 6.66. The van der Waals surface area contributed by atoms with Crippen LogP contribution in [-0.4, -0.2) is 35.9 Å². The van der Waals surface area contributed by atoms with E-state index in [1.54, 1.807) is 0 Å². The molecule has 0 aromatic heterocycles. The maximum absolute atomic E-state index is 11.6. The van der Waals surface area contributed by atoms with E-state index in [-0.39, 0.29) is 23.0 Å². The van der Waals surface area contributed by atoms with Crippen molar-refractivity contribution in [1.82, 2.24) is 5.32 Å². The van der Waals surface area contributed by atoms with Gasteiger partial charge in [0, 0.05) is 18.2 Å². The monoisotopic (exact) mass is 251 g/mol. The molecule has 0 aliphatic rings. The lowest BCUT2D eigenvalue weighted by molar-refractivity contribution is 0.0926. The lowest BCUT2D eigenvalue weighted by Gasteiger charge is -2.07. The number of carbonyl (C=O) groups is 1. The Balaban J connectivity index is 2.38. The van der Waals surface area contributed by atoms with Gasteiger partial charge in [-0.1, -0.05) is 12.2 Å². The molecule has 0 unspecified atom stereocenters. The fourth-order valence-electron chi connectivity index (χ4n) is 1.31. The van der Waals surface area contributed by atoms with Gasteiger partial charge in [0.25, 0.3) is 5.91 Å². The average Bonchev–Trinajstić information content (AvgIpc) is 2.26. The van der Waals surface area contributed by atoms with E-state index in [0.717, 1.165) is 11.6 Å². The van der Waals surface area contributed by atoms with E-state index in [4.69, 9.17) is 4.74 Å². The molecule has 1 rings (SSSR count). The third kappa shape index (κ3) is 4.88. The number of rotatable bonds is 6. The second-order valence-electron chi connectivity index (χ2n) is 4.00. The zero-order valence-corrected chi connectivity index (χ0v) is 10.3. The fourth-order valence-corrected chi connectivity index (χ4v) is 1.31. The highest BCUT2D eigenvalue weighted by molar-refractivity contribution is 5.95. The molecule has 0 atom stereocenters. The topological polar surface area (TPSA) is 78.8 Å². The minimum atomic E-state index is -0.375. The van der Waals surface area contributed by atoms with E-state index < -0.39 is 0 Å². The van der Waals surface area contributed by atoms with Gasteiger partial charge in [-0.25, -0.2) is 0 Å². The zero-order chi connectivity index (χ0) is 13.5. The molecular weight excluding hydrogens is 234 g/mol. The molecule has 98 valence electrons. The summed E-state index contributed by atoms with van der Waals surface area (Å²) in [5.74, 6) is -0.683. The van der Waals surface area contributed by atoms with Crippen LogP contribution < -0.4 is 5.32 Å². The summed E-state index contributed by atoms with van der Waals surface area (Å²) in [6.07, 6.45) is 0. The fraction of sp³-hybridized carbons (Fsp3) is 0.308. The van der Waals surface area contributed by atoms with Crippen molar-refractivity contribution in [2.75, 3.05) is 19.8 Å². The number of phenolic OH excluding ortho intramolecular Hbond substituents is 2. The van der Waals surface area contributed by atoms with E-state index in [1.807, 2.05) is 6.92 Å². The van der Waals surface area contributed by atoms with Crippen LogP contribution in [0.25, 0.3) is 0 Å². The number of nitrogens with one attached hydrogen (secondary N) is 1. The SMILES string of the molecule is C=C(C)COCCNC(=O)c1cc(O)cc(O)c1. The van der Waals surface area contributed by atoms with E-state index in [2.05, 4.69) is 11.9 Å². The maximum Gasteiger partial charge on any atom is 0.251 e. The predicted octanol–water partition coefficient (Wildman–Crippen LogP) is 1.42. The normalized spacial score (nSPS) is 10.1. The molecule has 0 aliphatic carbocycles. The van der Waals surface area contributed by atoms with Crippen molar-refractivity contribution in [2.45, 2.75) is 6.92 Å². The molecule has 3 N–H and O–H groups in total. The van der Waals surface area contributed by atoms with Crippen molar-refractivity contribution < 1.29 is 19.7 Å². The first kappa shape index (κ1) is 14.1. The Kier molecular flexibility index (Phi) is 5.20. The Hall–Kier alpha value is -2.01. The Morgan fingerprint density at radius 3 is 2.50 bits per heavy atom. The summed E-state index contributed by atoms with van der Waals surface area (Å²) < 4.78 is 5.22. The van der Waals surface area contributed by atoms with Gasteiger partial charge in [0.2, 0.25) is 0 Å². The molecule has 0 saturated heterocycles. The van der Waals surface area contributed by atoms with E-state index in [0.29, 0.717) is 19.8 Å². The number of amides is 1. The van der Waals surface area contributed by atoms with E-state index >= 15 is 0 Å². The molecule has 0 bridgehead atoms. The quantitative estimate of drug-likeness (QED) is 0.528. The van der Waals surface area contributed by atoms with Crippen LogP contribution in [0.1, 0.15) is 17.3 Å². The lowest BCUT2D eigenvalue weighted by Crippen LogP contribution is -2.27. The molecule has 0 saturated carbocycles. The molecule has 5 heteroatoms. The molecule has 0 radical (unpaired) electrons. The van der Waals surface area contributed by atoms with Gasteiger partial charge >= 0.3 is 0 Å². The first-order valence-electron chi connectivity index (χ1n) is 5.52. The first-order valence-corrected chi connectivity index (χ1v) is 5.52. The van der Waals surface area contributed by atoms with Gasteiger partial charge in [0.05, 0.1) is 13.2 Å². The highest BCUT2D eigenvalue weighted by Gasteiger charge is 2.07. The zero-order valence-electron chi connectivity index (χ0n) is 10.3. The summed E-state index contributed by atoms with van der Waals surface area (Å²) in [5, 5.41) is 21.1. The largest absolute Gasteiger partial charge is 0.508 e. The minimum Gasteiger partial charge on any atom is -0.508 e. The minimum absolute atomic E-state index is 0.154. The van der Waals surface area contributed by atoms with Crippen LogP contribution >= 0.6 is 0 Å². The van der Waals surface area contributed by atoms with Gasteiger partial charge in [-0.3, -0.25) is 4.79 Å². The summed E-state index contributed by atoms with van der Waals surface area (Å²) in [5.41, 5.74) is 1.12. The van der Waals surface area contributed by atoms with E-state index in [1.165, 1.54) is 12.1 Å². The number of hydrogen-bond acceptors (Lipinski definition) is 4. The molecule has 5 nitrogen and oxygen atoms in total. The van der Waals surface area contributed by atoms with Gasteiger partial charge in [-0.05, 0) is 19.1 Å². The van der Waals surface area contributed by atoms with E-state index in [9.17, 15) is 15.0 Å². The molecular formula is C13H17NO4. The van der Waals surface area contributed by atoms with Crippen molar-refractivity contribution in [2.24, 2.45) is 0 Å². The molecule has 1 aromatic rings. The Morgan fingerprint density at radius 1 is 1.33 bits per heavy atom. The van der Waals surface area contributed by atoms with Gasteiger partial charge in [-0.15, -0.1) is 0 Å². The predicted molar refractivity (Wildman–Crippen MR) is 67.7 cm³/mol. The Labute approximate surface area is 106 Å². The molecule has 1 amide bonds. The van der Waals surface area contributed by atoms with Gasteiger partial charge < -0.3 is 20.3 Å². The maximum atomic E-state index is 11.6. The molecule has 1 aromatic carbocycles. The van der Waals surface area contributed by atoms with Crippen LogP contribution in [0, 0.1) is 0 Å². The summed E-state index contributed by atoms with van der Waals surface area (Å²) in [6, 6.07) is 3.72. The molecule has 0 heterocycles. The Bertz CT molecular complexity index is 422. The second-order valence-corrected chi connectivity index (χ2v) is 4.00. The van der Waals surface area contributed by atoms with Crippen LogP contribution in [-0.2, 0) is 4.74 Å². The van der Waals surface area contributed by atoms with Gasteiger partial charge in [-0.2, -0.15) is 0 Å². The lowest BCUT2D eigenvalue weighted by atomic mass is 10.2. The standard InChI is InChI=1S/C13H17NO4/c1-9(2)8-18-4-3-14-13(17)10-5-11(15)7-12(16)6-10/h5-7,15-16H,1,3-4,8H2,2H3,(H,14,17). The van der Waals surface area contributed by atoms with Crippen LogP contribution in [0.3, 0.4) is 0 Å². The molecule has 0 fully saturated rings. The third-order valence-corrected chi connectivity index (χ3v) is 2.05. The van der Waals surface area contributed by atoms with Crippen LogP contribution in [0.15, 0.2) is 30.4 Å². The van der Waals surface area contributed by atoms with Crippen LogP contribution in [0.4, 0.5) is 0 Å². The number of carbonyl (C=O) groups excluding carboxylic acids is 1. The Morgan fingerprint density at radius 2 is 1.94 bits per heavy atom. The summed E-state index contributed by atoms with van der Waals surface area (Å²) in [4.78, 5) is 11.6. The van der Waals surface area contributed by atoms with Gasteiger partial charge in [0.1, 0.15) is 11.5 Å². The first-order chi connectivity index (χ1) is 8.49. The summed E-state index contributed by atoms with van der Waals surface area (Å²) in [7, 11) is 0. The number of benzene rings is 1. The summed E-state index contributed by atoms with van der Waals surface area (Å²) in [6.45, 7) is 6.73. The van der Waals surface area contributed by atoms with Crippen molar-refractivity contribution in [3.8, 4) is 11.5 Å². The van der Waals surface area contributed by atoms with Crippen molar-refractivity contribution in [3.63, 3.8) is 0 Å². The van der Waals surface area contributed by atoms with Crippen molar-refractivity contribution in [1.29, 1.82) is 0 Å². The number of phenols is 2. The smallest absolute Gasteiger partial charge is 0.251 e. The average molecular weight is 251 g/mol. The highest BCUT2D eigenvalue weighted by Crippen LogP contribution is 2.20. The van der Waals surface area contributed by atoms with Gasteiger partial charge in [0.15, 0.2) is 0 Å². The summed E-state index contributed by atoms with van der Waals surface area (Å²) >= 11 is 0. The molecule has 0 aliphatic heterocycles. The third-order valence-electron chi connectivity index (χ3n) is 2.05. The number of ether oxygens (including phenoxy) is 1.